The van der Waals surface area contributed by atoms with Crippen LogP contribution >= 0.6 is 23.1 Å². The molecule has 1 aromatic heterocycles. The number of thioether (sulfide) groups is 1. The first-order valence-corrected chi connectivity index (χ1v) is 7.46. The molecule has 0 amide bonds. The fourth-order valence-electron chi connectivity index (χ4n) is 1.49. The lowest BCUT2D eigenvalue weighted by Gasteiger charge is -2.00. The van der Waals surface area contributed by atoms with E-state index in [2.05, 4.69) is 17.3 Å². The number of halogens is 1. The number of aryl methyl sites for hydroxylation is 1. The van der Waals surface area contributed by atoms with E-state index in [1.165, 1.54) is 17.8 Å². The van der Waals surface area contributed by atoms with Crippen molar-refractivity contribution in [3.05, 3.63) is 46.2 Å². The van der Waals surface area contributed by atoms with Gasteiger partial charge in [0.1, 0.15) is 10.8 Å². The molecule has 2 rings (SSSR count). The first-order chi connectivity index (χ1) is 8.29. The van der Waals surface area contributed by atoms with Crippen molar-refractivity contribution in [2.24, 2.45) is 0 Å². The van der Waals surface area contributed by atoms with Crippen molar-refractivity contribution < 1.29 is 4.39 Å². The van der Waals surface area contributed by atoms with Gasteiger partial charge in [-0.2, -0.15) is 0 Å². The van der Waals surface area contributed by atoms with E-state index in [9.17, 15) is 4.39 Å². The summed E-state index contributed by atoms with van der Waals surface area (Å²) >= 11 is 3.16. The Kier molecular flexibility index (Phi) is 4.57. The van der Waals surface area contributed by atoms with Gasteiger partial charge in [-0.3, -0.25) is 0 Å². The minimum Gasteiger partial charge on any atom is -0.245 e. The monoisotopic (exact) mass is 267 g/mol. The zero-order valence-corrected chi connectivity index (χ0v) is 11.3. The van der Waals surface area contributed by atoms with Crippen LogP contribution in [0.2, 0.25) is 0 Å². The van der Waals surface area contributed by atoms with E-state index in [-0.39, 0.29) is 5.82 Å². The summed E-state index contributed by atoms with van der Waals surface area (Å²) in [6, 6.07) is 6.87. The van der Waals surface area contributed by atoms with Gasteiger partial charge in [-0.05, 0) is 18.6 Å². The molecule has 0 N–H and O–H groups in total. The summed E-state index contributed by atoms with van der Waals surface area (Å²) in [5.41, 5.74) is 1.15. The normalized spacial score (nSPS) is 10.7. The maximum Gasteiger partial charge on any atom is 0.136 e. The van der Waals surface area contributed by atoms with Gasteiger partial charge in [-0.25, -0.2) is 9.37 Å². The molecule has 0 bridgehead atoms. The molecule has 0 spiro atoms. The fraction of sp³-hybridized carbons (Fsp3) is 0.308. The van der Waals surface area contributed by atoms with E-state index in [1.54, 1.807) is 23.5 Å². The van der Waals surface area contributed by atoms with Crippen molar-refractivity contribution in [2.75, 3.05) is 0 Å². The molecule has 0 saturated heterocycles. The molecule has 90 valence electrons. The van der Waals surface area contributed by atoms with Gasteiger partial charge in [0.2, 0.25) is 0 Å². The Morgan fingerprint density at radius 1 is 1.35 bits per heavy atom. The van der Waals surface area contributed by atoms with Crippen LogP contribution in [0.25, 0.3) is 0 Å². The number of nitrogens with zero attached hydrogens (tertiary/aromatic N) is 1. The van der Waals surface area contributed by atoms with Crippen LogP contribution < -0.4 is 0 Å². The highest BCUT2D eigenvalue weighted by molar-refractivity contribution is 7.98. The van der Waals surface area contributed by atoms with Crippen LogP contribution in [0, 0.1) is 5.82 Å². The summed E-state index contributed by atoms with van der Waals surface area (Å²) in [5, 5.41) is 3.17. The topological polar surface area (TPSA) is 12.9 Å². The van der Waals surface area contributed by atoms with Gasteiger partial charge >= 0.3 is 0 Å². The Morgan fingerprint density at radius 2 is 2.18 bits per heavy atom. The number of thiazole rings is 1. The van der Waals surface area contributed by atoms with Crippen LogP contribution in [0.4, 0.5) is 4.39 Å². The summed E-state index contributed by atoms with van der Waals surface area (Å²) < 4.78 is 13.4. The van der Waals surface area contributed by atoms with Crippen LogP contribution in [0.5, 0.6) is 0 Å². The van der Waals surface area contributed by atoms with Crippen LogP contribution in [0.15, 0.2) is 34.5 Å². The van der Waals surface area contributed by atoms with Crippen molar-refractivity contribution in [2.45, 2.75) is 30.4 Å². The standard InChI is InChI=1S/C13H14FNS2/c1-2-5-10-8-17-13(15-10)9-16-12-7-4-3-6-11(12)14/h3-4,6-8H,2,5,9H2,1H3. The van der Waals surface area contributed by atoms with Crippen molar-refractivity contribution in [3.8, 4) is 0 Å². The molecule has 1 heterocycles. The molecule has 4 heteroatoms. The Bertz CT molecular complexity index is 482. The fourth-order valence-corrected chi connectivity index (χ4v) is 3.27. The highest BCUT2D eigenvalue weighted by Gasteiger charge is 2.05. The minimum atomic E-state index is -0.150. The van der Waals surface area contributed by atoms with Crippen molar-refractivity contribution >= 4 is 23.1 Å². The Hall–Kier alpha value is -0.870. The third kappa shape index (κ3) is 3.54. The summed E-state index contributed by atoms with van der Waals surface area (Å²) in [6.45, 7) is 2.15. The molecule has 1 aromatic carbocycles. The Balaban J connectivity index is 1.95. The summed E-state index contributed by atoms with van der Waals surface area (Å²) in [5.74, 6) is 0.595. The average molecular weight is 267 g/mol. The van der Waals surface area contributed by atoms with Gasteiger partial charge < -0.3 is 0 Å². The largest absolute Gasteiger partial charge is 0.245 e. The number of hydrogen-bond donors (Lipinski definition) is 0. The van der Waals surface area contributed by atoms with E-state index in [1.807, 2.05) is 6.07 Å². The predicted octanol–water partition coefficient (Wildman–Crippen LogP) is 4.53. The zero-order valence-electron chi connectivity index (χ0n) is 9.65. The molecule has 17 heavy (non-hydrogen) atoms. The van der Waals surface area contributed by atoms with Crippen molar-refractivity contribution in [3.63, 3.8) is 0 Å². The second-order valence-corrected chi connectivity index (χ2v) is 5.66. The van der Waals surface area contributed by atoms with Crippen molar-refractivity contribution in [1.29, 1.82) is 0 Å². The second kappa shape index (κ2) is 6.17. The molecule has 0 aliphatic carbocycles. The lowest BCUT2D eigenvalue weighted by atomic mass is 10.3. The third-order valence-electron chi connectivity index (χ3n) is 2.29. The molecule has 0 fully saturated rings. The van der Waals surface area contributed by atoms with Gasteiger partial charge in [-0.1, -0.05) is 25.5 Å². The second-order valence-electron chi connectivity index (χ2n) is 3.70. The number of rotatable bonds is 5. The summed E-state index contributed by atoms with van der Waals surface area (Å²) in [4.78, 5) is 5.21. The third-order valence-corrected chi connectivity index (χ3v) is 4.43. The van der Waals surface area contributed by atoms with E-state index in [0.717, 1.165) is 29.3 Å². The van der Waals surface area contributed by atoms with Gasteiger partial charge in [0.25, 0.3) is 0 Å². The highest BCUT2D eigenvalue weighted by atomic mass is 32.2. The first kappa shape index (κ1) is 12.6. The van der Waals surface area contributed by atoms with Crippen LogP contribution in [-0.4, -0.2) is 4.98 Å². The van der Waals surface area contributed by atoms with E-state index in [0.29, 0.717) is 4.90 Å². The molecule has 0 unspecified atom stereocenters. The van der Waals surface area contributed by atoms with Crippen LogP contribution in [0.1, 0.15) is 24.0 Å². The maximum absolute atomic E-state index is 13.4. The van der Waals surface area contributed by atoms with Gasteiger partial charge in [0.05, 0.1) is 11.4 Å². The number of benzene rings is 1. The molecule has 0 atom stereocenters. The molecule has 0 aliphatic heterocycles. The quantitative estimate of drug-likeness (QED) is 0.738. The smallest absolute Gasteiger partial charge is 0.136 e. The molecule has 2 aromatic rings. The highest BCUT2D eigenvalue weighted by Crippen LogP contribution is 2.26. The maximum atomic E-state index is 13.4. The number of hydrogen-bond acceptors (Lipinski definition) is 3. The molecular weight excluding hydrogens is 253 g/mol. The van der Waals surface area contributed by atoms with Gasteiger partial charge in [0.15, 0.2) is 0 Å². The van der Waals surface area contributed by atoms with E-state index < -0.39 is 0 Å². The SMILES string of the molecule is CCCc1csc(CSc2ccccc2F)n1. The first-order valence-electron chi connectivity index (χ1n) is 5.60. The predicted molar refractivity (Wildman–Crippen MR) is 72.1 cm³/mol. The summed E-state index contributed by atoms with van der Waals surface area (Å²) in [6.07, 6.45) is 2.14. The number of aromatic nitrogens is 1. The van der Waals surface area contributed by atoms with Crippen LogP contribution in [-0.2, 0) is 12.2 Å². The van der Waals surface area contributed by atoms with E-state index in [4.69, 9.17) is 0 Å². The van der Waals surface area contributed by atoms with Crippen molar-refractivity contribution in [1.82, 2.24) is 4.98 Å². The van der Waals surface area contributed by atoms with E-state index >= 15 is 0 Å². The lowest BCUT2D eigenvalue weighted by molar-refractivity contribution is 0.602. The molecule has 0 saturated carbocycles. The molecular formula is C13H14FNS2. The zero-order chi connectivity index (χ0) is 12.1. The molecule has 1 nitrogen and oxygen atoms in total. The van der Waals surface area contributed by atoms with Crippen LogP contribution in [0.3, 0.4) is 0 Å². The molecule has 0 radical (unpaired) electrons. The average Bonchev–Trinajstić information content (AvgIpc) is 2.76. The summed E-state index contributed by atoms with van der Waals surface area (Å²) in [7, 11) is 0. The van der Waals surface area contributed by atoms with Gasteiger partial charge in [-0.15, -0.1) is 23.1 Å². The molecule has 0 aliphatic rings. The van der Waals surface area contributed by atoms with Gasteiger partial charge in [0, 0.05) is 10.3 Å². The Labute approximate surface area is 109 Å². The lowest BCUT2D eigenvalue weighted by Crippen LogP contribution is -1.85. The minimum absolute atomic E-state index is 0.150. The Morgan fingerprint density at radius 3 is 2.94 bits per heavy atom.